The van der Waals surface area contributed by atoms with Crippen LogP contribution in [-0.4, -0.2) is 57.0 Å². The minimum absolute atomic E-state index is 0.00327. The standard InChI is InChI=1S/C33H36Cl2FN3O6S/c1-2-29(33(41)37-24-6-4-3-5-7-24)38(20-22-8-14-27(34)28(35)18-22)32(40)21-39(25-11-9-23(36)10-12-25)46(42,43)26-13-15-30-31(19-26)45-17-16-44-30/h8-15,18-19,24,29H,2-7,16-17,20-21H2,1H3,(H,37,41). The number of rotatable bonds is 11. The Morgan fingerprint density at radius 3 is 2.30 bits per heavy atom. The van der Waals surface area contributed by atoms with Crippen LogP contribution in [0, 0.1) is 5.82 Å². The molecule has 2 aliphatic rings. The zero-order chi connectivity index (χ0) is 32.8. The van der Waals surface area contributed by atoms with Crippen molar-refractivity contribution < 1.29 is 31.9 Å². The molecule has 1 aliphatic heterocycles. The van der Waals surface area contributed by atoms with E-state index in [-0.39, 0.29) is 52.9 Å². The molecule has 1 fully saturated rings. The predicted molar refractivity (Wildman–Crippen MR) is 174 cm³/mol. The van der Waals surface area contributed by atoms with Crippen LogP contribution < -0.4 is 19.1 Å². The van der Waals surface area contributed by atoms with Gasteiger partial charge in [-0.2, -0.15) is 0 Å². The first-order valence-corrected chi connectivity index (χ1v) is 17.5. The summed E-state index contributed by atoms with van der Waals surface area (Å²) in [6.07, 6.45) is 5.12. The summed E-state index contributed by atoms with van der Waals surface area (Å²) in [5, 5.41) is 3.72. The number of sulfonamides is 1. The van der Waals surface area contributed by atoms with Gasteiger partial charge in [-0.1, -0.05) is 55.5 Å². The second-order valence-electron chi connectivity index (χ2n) is 11.3. The third-order valence-electron chi connectivity index (χ3n) is 8.17. The first kappa shape index (κ1) is 33.8. The van der Waals surface area contributed by atoms with E-state index in [0.29, 0.717) is 22.9 Å². The highest BCUT2D eigenvalue weighted by Gasteiger charge is 2.35. The van der Waals surface area contributed by atoms with Gasteiger partial charge in [-0.25, -0.2) is 12.8 Å². The van der Waals surface area contributed by atoms with Crippen LogP contribution in [-0.2, 0) is 26.2 Å². The summed E-state index contributed by atoms with van der Waals surface area (Å²) in [7, 11) is -4.40. The molecule has 3 aromatic rings. The lowest BCUT2D eigenvalue weighted by atomic mass is 9.95. The molecule has 1 N–H and O–H groups in total. The lowest BCUT2D eigenvalue weighted by Crippen LogP contribution is -2.54. The van der Waals surface area contributed by atoms with E-state index in [4.69, 9.17) is 32.7 Å². The number of fused-ring (bicyclic) bond motifs is 1. The number of nitrogens with zero attached hydrogens (tertiary/aromatic N) is 2. The molecule has 1 atom stereocenters. The predicted octanol–water partition coefficient (Wildman–Crippen LogP) is 6.36. The number of nitrogens with one attached hydrogen (secondary N) is 1. The van der Waals surface area contributed by atoms with E-state index < -0.39 is 34.3 Å². The molecule has 0 spiro atoms. The SMILES string of the molecule is CCC(C(=O)NC1CCCCC1)N(Cc1ccc(Cl)c(Cl)c1)C(=O)CN(c1ccc(F)cc1)S(=O)(=O)c1ccc2c(c1)OCCO2. The van der Waals surface area contributed by atoms with Gasteiger partial charge in [0, 0.05) is 18.7 Å². The number of benzene rings is 3. The summed E-state index contributed by atoms with van der Waals surface area (Å²) in [5.41, 5.74) is 0.675. The Balaban J connectivity index is 1.50. The maximum atomic E-state index is 14.3. The van der Waals surface area contributed by atoms with Gasteiger partial charge in [0.05, 0.1) is 20.6 Å². The third-order valence-corrected chi connectivity index (χ3v) is 10.7. The Labute approximate surface area is 278 Å². The highest BCUT2D eigenvalue weighted by molar-refractivity contribution is 7.92. The third kappa shape index (κ3) is 7.87. The second-order valence-corrected chi connectivity index (χ2v) is 14.0. The van der Waals surface area contributed by atoms with Gasteiger partial charge >= 0.3 is 0 Å². The van der Waals surface area contributed by atoms with E-state index >= 15 is 0 Å². The molecule has 1 heterocycles. The average molecular weight is 693 g/mol. The highest BCUT2D eigenvalue weighted by Crippen LogP contribution is 2.34. The van der Waals surface area contributed by atoms with Gasteiger partial charge < -0.3 is 19.7 Å². The van der Waals surface area contributed by atoms with E-state index in [2.05, 4.69) is 5.32 Å². The average Bonchev–Trinajstić information content (AvgIpc) is 3.05. The van der Waals surface area contributed by atoms with Crippen molar-refractivity contribution in [2.75, 3.05) is 24.1 Å². The Kier molecular flexibility index (Phi) is 11.0. The molecule has 0 bridgehead atoms. The first-order valence-electron chi connectivity index (χ1n) is 15.3. The normalized spacial score (nSPS) is 15.6. The molecule has 5 rings (SSSR count). The van der Waals surface area contributed by atoms with Crippen molar-refractivity contribution in [3.63, 3.8) is 0 Å². The molecule has 0 aromatic heterocycles. The molecular weight excluding hydrogens is 656 g/mol. The molecule has 3 aromatic carbocycles. The van der Waals surface area contributed by atoms with Crippen LogP contribution in [0.2, 0.25) is 10.0 Å². The van der Waals surface area contributed by atoms with Gasteiger partial charge in [-0.15, -0.1) is 0 Å². The minimum Gasteiger partial charge on any atom is -0.486 e. The largest absolute Gasteiger partial charge is 0.486 e. The number of hydrogen-bond acceptors (Lipinski definition) is 6. The molecule has 9 nitrogen and oxygen atoms in total. The number of halogens is 3. The summed E-state index contributed by atoms with van der Waals surface area (Å²) >= 11 is 12.4. The van der Waals surface area contributed by atoms with Gasteiger partial charge in [0.1, 0.15) is 31.6 Å². The van der Waals surface area contributed by atoms with Crippen LogP contribution in [0.25, 0.3) is 0 Å². The summed E-state index contributed by atoms with van der Waals surface area (Å²) in [4.78, 5) is 29.2. The molecule has 1 unspecified atom stereocenters. The smallest absolute Gasteiger partial charge is 0.264 e. The topological polar surface area (TPSA) is 105 Å². The van der Waals surface area contributed by atoms with Crippen molar-refractivity contribution >= 4 is 50.7 Å². The van der Waals surface area contributed by atoms with Gasteiger partial charge in [0.2, 0.25) is 11.8 Å². The maximum Gasteiger partial charge on any atom is 0.264 e. The summed E-state index contributed by atoms with van der Waals surface area (Å²) < 4.78 is 54.4. The van der Waals surface area contributed by atoms with Gasteiger partial charge in [-0.3, -0.25) is 13.9 Å². The van der Waals surface area contributed by atoms with Crippen molar-refractivity contribution in [2.24, 2.45) is 0 Å². The van der Waals surface area contributed by atoms with Crippen molar-refractivity contribution in [1.29, 1.82) is 0 Å². The van der Waals surface area contributed by atoms with E-state index in [1.807, 2.05) is 0 Å². The molecular formula is C33H36Cl2FN3O6S. The quantitative estimate of drug-likeness (QED) is 0.251. The van der Waals surface area contributed by atoms with Crippen LogP contribution in [0.1, 0.15) is 51.0 Å². The van der Waals surface area contributed by atoms with Crippen LogP contribution in [0.15, 0.2) is 65.6 Å². The van der Waals surface area contributed by atoms with E-state index in [9.17, 15) is 22.4 Å². The molecule has 246 valence electrons. The Hall–Kier alpha value is -3.54. The van der Waals surface area contributed by atoms with Gasteiger partial charge in [0.25, 0.3) is 10.0 Å². The Morgan fingerprint density at radius 2 is 1.63 bits per heavy atom. The van der Waals surface area contributed by atoms with Crippen molar-refractivity contribution in [1.82, 2.24) is 10.2 Å². The Bertz CT molecular complexity index is 1670. The lowest BCUT2D eigenvalue weighted by Gasteiger charge is -2.34. The van der Waals surface area contributed by atoms with E-state index in [1.54, 1.807) is 25.1 Å². The number of ether oxygens (including phenoxy) is 2. The zero-order valence-corrected chi connectivity index (χ0v) is 27.7. The first-order chi connectivity index (χ1) is 22.1. The fraction of sp³-hybridized carbons (Fsp3) is 0.394. The van der Waals surface area contributed by atoms with Crippen molar-refractivity contribution in [2.45, 2.75) is 69.0 Å². The van der Waals surface area contributed by atoms with Crippen molar-refractivity contribution in [3.05, 3.63) is 82.1 Å². The molecule has 1 aliphatic carbocycles. The molecule has 0 saturated heterocycles. The Morgan fingerprint density at radius 1 is 0.935 bits per heavy atom. The van der Waals surface area contributed by atoms with Crippen LogP contribution in [0.3, 0.4) is 0 Å². The van der Waals surface area contributed by atoms with Gasteiger partial charge in [-0.05, 0) is 73.4 Å². The zero-order valence-electron chi connectivity index (χ0n) is 25.4. The fourth-order valence-corrected chi connectivity index (χ4v) is 7.50. The van der Waals surface area contributed by atoms with Crippen LogP contribution in [0.5, 0.6) is 11.5 Å². The molecule has 0 radical (unpaired) electrons. The number of anilines is 1. The number of hydrogen-bond donors (Lipinski definition) is 1. The molecule has 13 heteroatoms. The monoisotopic (exact) mass is 691 g/mol. The number of carbonyl (C=O) groups excluding carboxylic acids is 2. The molecule has 1 saturated carbocycles. The van der Waals surface area contributed by atoms with E-state index in [0.717, 1.165) is 48.5 Å². The van der Waals surface area contributed by atoms with Gasteiger partial charge in [0.15, 0.2) is 11.5 Å². The van der Waals surface area contributed by atoms with Crippen molar-refractivity contribution in [3.8, 4) is 11.5 Å². The number of amides is 2. The summed E-state index contributed by atoms with van der Waals surface area (Å²) in [6.45, 7) is 1.67. The molecule has 46 heavy (non-hydrogen) atoms. The second kappa shape index (κ2) is 14.9. The van der Waals surface area contributed by atoms with E-state index in [1.165, 1.54) is 35.2 Å². The highest BCUT2D eigenvalue weighted by atomic mass is 35.5. The summed E-state index contributed by atoms with van der Waals surface area (Å²) in [5.74, 6) is -0.868. The fourth-order valence-electron chi connectivity index (χ4n) is 5.75. The number of carbonyl (C=O) groups is 2. The maximum absolute atomic E-state index is 14.3. The van der Waals surface area contributed by atoms with Crippen LogP contribution >= 0.6 is 23.2 Å². The van der Waals surface area contributed by atoms with Crippen LogP contribution in [0.4, 0.5) is 10.1 Å². The lowest BCUT2D eigenvalue weighted by molar-refractivity contribution is -0.140. The molecule has 2 amide bonds. The minimum atomic E-state index is -4.40. The summed E-state index contributed by atoms with van der Waals surface area (Å²) in [6, 6.07) is 13.0.